The summed E-state index contributed by atoms with van der Waals surface area (Å²) in [6.07, 6.45) is 0. The average Bonchev–Trinajstić information content (AvgIpc) is 3.07. The summed E-state index contributed by atoms with van der Waals surface area (Å²) in [6.45, 7) is 6.97. The zero-order chi connectivity index (χ0) is 16.6. The molecule has 4 nitrogen and oxygen atoms in total. The monoisotopic (exact) mass is 328 g/mol. The lowest BCUT2D eigenvalue weighted by atomic mass is 10.0. The second-order valence-electron chi connectivity index (χ2n) is 5.86. The summed E-state index contributed by atoms with van der Waals surface area (Å²) in [5, 5.41) is 1.88. The van der Waals surface area contributed by atoms with Crippen molar-refractivity contribution in [2.75, 3.05) is 18.0 Å². The van der Waals surface area contributed by atoms with Crippen molar-refractivity contribution < 1.29 is 9.59 Å². The van der Waals surface area contributed by atoms with Crippen molar-refractivity contribution in [2.45, 2.75) is 26.8 Å². The molecule has 1 saturated heterocycles. The molecule has 1 aromatic heterocycles. The van der Waals surface area contributed by atoms with Crippen LogP contribution in [-0.4, -0.2) is 35.8 Å². The van der Waals surface area contributed by atoms with Crippen LogP contribution >= 0.6 is 11.3 Å². The third-order valence-corrected chi connectivity index (χ3v) is 5.37. The van der Waals surface area contributed by atoms with Gasteiger partial charge in [-0.05, 0) is 49.4 Å². The third kappa shape index (κ3) is 2.77. The van der Waals surface area contributed by atoms with Gasteiger partial charge < -0.3 is 9.80 Å². The number of carbonyl (C=O) groups is 2. The summed E-state index contributed by atoms with van der Waals surface area (Å²) >= 11 is 1.41. The number of anilines is 1. The number of piperazine rings is 1. The quantitative estimate of drug-likeness (QED) is 0.849. The van der Waals surface area contributed by atoms with E-state index in [4.69, 9.17) is 0 Å². The van der Waals surface area contributed by atoms with Crippen molar-refractivity contribution in [3.8, 4) is 0 Å². The summed E-state index contributed by atoms with van der Waals surface area (Å²) in [6, 6.07) is 9.21. The molecule has 0 spiro atoms. The third-order valence-electron chi connectivity index (χ3n) is 4.52. The molecule has 5 heteroatoms. The highest BCUT2D eigenvalue weighted by Crippen LogP contribution is 2.27. The molecular formula is C18H20N2O2S. The van der Waals surface area contributed by atoms with E-state index >= 15 is 0 Å². The van der Waals surface area contributed by atoms with Gasteiger partial charge in [0.25, 0.3) is 5.91 Å². The summed E-state index contributed by atoms with van der Waals surface area (Å²) < 4.78 is 0. The van der Waals surface area contributed by atoms with Crippen LogP contribution in [0.4, 0.5) is 5.69 Å². The molecule has 1 aliphatic rings. The number of amides is 2. The molecule has 23 heavy (non-hydrogen) atoms. The van der Waals surface area contributed by atoms with Crippen molar-refractivity contribution in [3.05, 3.63) is 51.7 Å². The normalized spacial score (nSPS) is 18.4. The summed E-state index contributed by atoms with van der Waals surface area (Å²) in [5.74, 6) is -0.0729. The highest BCUT2D eigenvalue weighted by Gasteiger charge is 2.36. The van der Waals surface area contributed by atoms with Gasteiger partial charge in [0.05, 0.1) is 4.88 Å². The molecule has 0 saturated carbocycles. The molecule has 0 unspecified atom stereocenters. The highest BCUT2D eigenvalue weighted by atomic mass is 32.1. The first-order chi connectivity index (χ1) is 11.0. The number of hydrogen-bond acceptors (Lipinski definition) is 3. The Labute approximate surface area is 140 Å². The van der Waals surface area contributed by atoms with Crippen LogP contribution in [0.2, 0.25) is 0 Å². The Balaban J connectivity index is 1.84. The van der Waals surface area contributed by atoms with E-state index in [0.29, 0.717) is 18.0 Å². The second-order valence-corrected chi connectivity index (χ2v) is 6.81. The largest absolute Gasteiger partial charge is 0.324 e. The van der Waals surface area contributed by atoms with Gasteiger partial charge in [0.1, 0.15) is 6.04 Å². The van der Waals surface area contributed by atoms with Gasteiger partial charge in [0, 0.05) is 18.8 Å². The van der Waals surface area contributed by atoms with Crippen LogP contribution in [0.1, 0.15) is 27.7 Å². The molecule has 120 valence electrons. The second kappa shape index (κ2) is 6.16. The van der Waals surface area contributed by atoms with E-state index in [9.17, 15) is 9.59 Å². The minimum atomic E-state index is -0.446. The maximum atomic E-state index is 12.8. The number of benzene rings is 1. The molecule has 1 aromatic carbocycles. The molecular weight excluding hydrogens is 308 g/mol. The van der Waals surface area contributed by atoms with Crippen LogP contribution in [0.15, 0.2) is 35.7 Å². The number of hydrogen-bond donors (Lipinski definition) is 0. The van der Waals surface area contributed by atoms with Gasteiger partial charge >= 0.3 is 0 Å². The Bertz CT molecular complexity index is 739. The van der Waals surface area contributed by atoms with Crippen molar-refractivity contribution >= 4 is 28.8 Å². The van der Waals surface area contributed by atoms with E-state index in [1.54, 1.807) is 11.0 Å². The molecule has 1 aliphatic heterocycles. The number of rotatable bonds is 2. The number of nitrogens with zero attached hydrogens (tertiary/aromatic N) is 2. The maximum absolute atomic E-state index is 12.8. The standard InChI is InChI=1S/C18H20N2O2S/c1-12-6-4-7-15(13(12)2)20-10-9-19(14(3)17(20)21)18(22)16-8-5-11-23-16/h4-8,11,14H,9-10H2,1-3H3/t14-/m1/s1. The van der Waals surface area contributed by atoms with Crippen LogP contribution in [-0.2, 0) is 4.79 Å². The summed E-state index contributed by atoms with van der Waals surface area (Å²) in [7, 11) is 0. The van der Waals surface area contributed by atoms with E-state index in [0.717, 1.165) is 11.3 Å². The van der Waals surface area contributed by atoms with Crippen molar-refractivity contribution in [1.82, 2.24) is 4.90 Å². The van der Waals surface area contributed by atoms with E-state index in [1.807, 2.05) is 55.3 Å². The molecule has 2 aromatic rings. The summed E-state index contributed by atoms with van der Waals surface area (Å²) in [5.41, 5.74) is 3.23. The SMILES string of the molecule is Cc1cccc(N2CCN(C(=O)c3cccs3)[C@H](C)C2=O)c1C. The highest BCUT2D eigenvalue weighted by molar-refractivity contribution is 7.12. The molecule has 1 fully saturated rings. The van der Waals surface area contributed by atoms with Crippen LogP contribution in [0.3, 0.4) is 0 Å². The number of carbonyl (C=O) groups excluding carboxylic acids is 2. The molecule has 2 heterocycles. The molecule has 0 N–H and O–H groups in total. The predicted molar refractivity (Wildman–Crippen MR) is 93.1 cm³/mol. The Hall–Kier alpha value is -2.14. The number of aryl methyl sites for hydroxylation is 1. The molecule has 1 atom stereocenters. The summed E-state index contributed by atoms with van der Waals surface area (Å²) in [4.78, 5) is 29.5. The fourth-order valence-electron chi connectivity index (χ4n) is 2.96. The van der Waals surface area contributed by atoms with Crippen LogP contribution in [0, 0.1) is 13.8 Å². The first-order valence-corrected chi connectivity index (χ1v) is 8.60. The number of thiophene rings is 1. The fourth-order valence-corrected chi connectivity index (χ4v) is 3.64. The van der Waals surface area contributed by atoms with Gasteiger partial charge in [0.15, 0.2) is 0 Å². The molecule has 0 bridgehead atoms. The predicted octanol–water partition coefficient (Wildman–Crippen LogP) is 3.24. The Morgan fingerprint density at radius 1 is 1.17 bits per heavy atom. The lowest BCUT2D eigenvalue weighted by molar-refractivity contribution is -0.124. The molecule has 0 aliphatic carbocycles. The molecule has 3 rings (SSSR count). The van der Waals surface area contributed by atoms with Crippen LogP contribution in [0.25, 0.3) is 0 Å². The fraction of sp³-hybridized carbons (Fsp3) is 0.333. The first kappa shape index (κ1) is 15.7. The van der Waals surface area contributed by atoms with E-state index in [1.165, 1.54) is 16.9 Å². The van der Waals surface area contributed by atoms with Gasteiger partial charge in [-0.1, -0.05) is 18.2 Å². The van der Waals surface area contributed by atoms with E-state index < -0.39 is 6.04 Å². The molecule has 0 radical (unpaired) electrons. The minimum absolute atomic E-state index is 0.0187. The van der Waals surface area contributed by atoms with Crippen LogP contribution < -0.4 is 4.90 Å². The van der Waals surface area contributed by atoms with Crippen molar-refractivity contribution in [2.24, 2.45) is 0 Å². The average molecular weight is 328 g/mol. The Kier molecular flexibility index (Phi) is 4.22. The topological polar surface area (TPSA) is 40.6 Å². The van der Waals surface area contributed by atoms with E-state index in [2.05, 4.69) is 0 Å². The van der Waals surface area contributed by atoms with Crippen molar-refractivity contribution in [3.63, 3.8) is 0 Å². The van der Waals surface area contributed by atoms with Crippen molar-refractivity contribution in [1.29, 1.82) is 0 Å². The first-order valence-electron chi connectivity index (χ1n) is 7.72. The maximum Gasteiger partial charge on any atom is 0.264 e. The molecule has 2 amide bonds. The lowest BCUT2D eigenvalue weighted by Gasteiger charge is -2.39. The van der Waals surface area contributed by atoms with Gasteiger partial charge in [-0.25, -0.2) is 0 Å². The zero-order valence-corrected chi connectivity index (χ0v) is 14.4. The van der Waals surface area contributed by atoms with Gasteiger partial charge in [-0.3, -0.25) is 9.59 Å². The smallest absolute Gasteiger partial charge is 0.264 e. The van der Waals surface area contributed by atoms with Gasteiger partial charge in [-0.2, -0.15) is 0 Å². The minimum Gasteiger partial charge on any atom is -0.324 e. The zero-order valence-electron chi connectivity index (χ0n) is 13.6. The van der Waals surface area contributed by atoms with Gasteiger partial charge in [-0.15, -0.1) is 11.3 Å². The Morgan fingerprint density at radius 2 is 1.96 bits per heavy atom. The van der Waals surface area contributed by atoms with E-state index in [-0.39, 0.29) is 11.8 Å². The lowest BCUT2D eigenvalue weighted by Crippen LogP contribution is -2.57. The van der Waals surface area contributed by atoms with Crippen LogP contribution in [0.5, 0.6) is 0 Å². The Morgan fingerprint density at radius 3 is 2.65 bits per heavy atom. The van der Waals surface area contributed by atoms with Gasteiger partial charge in [0.2, 0.25) is 5.91 Å².